The fourth-order valence-electron chi connectivity index (χ4n) is 8.15. The van der Waals surface area contributed by atoms with Gasteiger partial charge in [0.1, 0.15) is 0 Å². The summed E-state index contributed by atoms with van der Waals surface area (Å²) in [5.74, 6) is -0.157. The Kier molecular flexibility index (Phi) is 51.3. The van der Waals surface area contributed by atoms with Crippen LogP contribution < -0.4 is 45.1 Å². The van der Waals surface area contributed by atoms with Gasteiger partial charge in [-0.1, -0.05) is 206 Å². The number of hydrogen-bond acceptors (Lipinski definition) is 7. The van der Waals surface area contributed by atoms with Gasteiger partial charge in [0.15, 0.2) is 0 Å². The molecule has 0 spiro atoms. The van der Waals surface area contributed by atoms with Gasteiger partial charge < -0.3 is 30.0 Å². The van der Waals surface area contributed by atoms with E-state index in [-0.39, 0.29) is 42.4 Å². The first-order valence-electron chi connectivity index (χ1n) is 25.9. The van der Waals surface area contributed by atoms with E-state index in [1.165, 1.54) is 178 Å². The van der Waals surface area contributed by atoms with E-state index in [9.17, 15) is 29.4 Å². The van der Waals surface area contributed by atoms with Crippen molar-refractivity contribution < 1.29 is 58.9 Å². The van der Waals surface area contributed by atoms with E-state index in [1.54, 1.807) is 0 Å². The van der Waals surface area contributed by atoms with Crippen molar-refractivity contribution in [3.63, 3.8) is 0 Å². The molecule has 0 rings (SSSR count). The number of nitrogens with one attached hydrogen (secondary N) is 1. The number of thioether (sulfide) groups is 1. The summed E-state index contributed by atoms with van der Waals surface area (Å²) in [6, 6.07) is -1.30. The number of unbranched alkanes of at least 4 members (excludes halogenated alkanes) is 33. The molecular formula is C51H96N2NaO6S-. The number of carboxylic acid groups (broad SMARTS) is 2. The van der Waals surface area contributed by atoms with Crippen LogP contribution in [0.3, 0.4) is 0 Å². The van der Waals surface area contributed by atoms with E-state index in [4.69, 9.17) is 0 Å². The average molecular weight is 888 g/mol. The molecule has 0 radical (unpaired) electrons. The summed E-state index contributed by atoms with van der Waals surface area (Å²) in [4.78, 5) is 48.4. The number of rotatable bonds is 49. The minimum atomic E-state index is -1.48. The van der Waals surface area contributed by atoms with Gasteiger partial charge in [-0.3, -0.25) is 9.59 Å². The van der Waals surface area contributed by atoms with Gasteiger partial charge in [-0.05, 0) is 63.4 Å². The topological polar surface area (TPSA) is 130 Å². The van der Waals surface area contributed by atoms with Gasteiger partial charge in [-0.2, -0.15) is 11.8 Å². The monoisotopic (exact) mass is 888 g/mol. The zero-order valence-corrected chi connectivity index (χ0v) is 43.3. The van der Waals surface area contributed by atoms with Crippen LogP contribution in [-0.2, 0) is 19.2 Å². The van der Waals surface area contributed by atoms with Crippen molar-refractivity contribution in [2.45, 2.75) is 277 Å². The Morgan fingerprint density at radius 3 is 1.16 bits per heavy atom. The first-order valence-corrected chi connectivity index (χ1v) is 27.0. The average Bonchev–Trinajstić information content (AvgIpc) is 3.23. The molecular weight excluding hydrogens is 792 g/mol. The molecule has 0 aromatic carbocycles. The van der Waals surface area contributed by atoms with Gasteiger partial charge in [0.05, 0.1) is 12.0 Å². The minimum Gasteiger partial charge on any atom is -0.550 e. The zero-order valence-electron chi connectivity index (χ0n) is 40.5. The third-order valence-electron chi connectivity index (χ3n) is 12.1. The summed E-state index contributed by atoms with van der Waals surface area (Å²) in [5, 5.41) is 24.0. The van der Waals surface area contributed by atoms with E-state index in [0.717, 1.165) is 70.9 Å². The summed E-state index contributed by atoms with van der Waals surface area (Å²) in [6.45, 7) is 6.00. The van der Waals surface area contributed by atoms with Crippen LogP contribution in [0.15, 0.2) is 0 Å². The molecule has 1 N–H and O–H groups in total. The van der Waals surface area contributed by atoms with Crippen molar-refractivity contribution >= 4 is 35.5 Å². The smallest absolute Gasteiger partial charge is 0.550 e. The van der Waals surface area contributed by atoms with E-state index in [0.29, 0.717) is 18.7 Å². The molecule has 0 aliphatic carbocycles. The summed E-state index contributed by atoms with van der Waals surface area (Å²) in [5.41, 5.74) is 0. The van der Waals surface area contributed by atoms with Crippen molar-refractivity contribution in [1.29, 1.82) is 0 Å². The van der Waals surface area contributed by atoms with Crippen LogP contribution in [0.4, 0.5) is 0 Å². The van der Waals surface area contributed by atoms with Gasteiger partial charge in [-0.15, -0.1) is 0 Å². The van der Waals surface area contributed by atoms with Crippen LogP contribution in [0.2, 0.25) is 0 Å². The molecule has 0 aromatic heterocycles. The van der Waals surface area contributed by atoms with Crippen molar-refractivity contribution in [3.8, 4) is 0 Å². The Hall–Kier alpha value is -0.770. The Morgan fingerprint density at radius 1 is 0.459 bits per heavy atom. The van der Waals surface area contributed by atoms with E-state index in [2.05, 4.69) is 30.9 Å². The quantitative estimate of drug-likeness (QED) is 0.0477. The number of carboxylic acids is 2. The van der Waals surface area contributed by atoms with Crippen molar-refractivity contribution in [2.24, 2.45) is 0 Å². The van der Waals surface area contributed by atoms with Crippen LogP contribution in [-0.4, -0.2) is 59.3 Å². The second-order valence-electron chi connectivity index (χ2n) is 17.8. The molecule has 0 aliphatic heterocycles. The number of amides is 2. The molecule has 0 saturated carbocycles. The summed E-state index contributed by atoms with van der Waals surface area (Å²) in [7, 11) is 0. The molecule has 0 fully saturated rings. The maximum absolute atomic E-state index is 12.7. The van der Waals surface area contributed by atoms with E-state index in [1.807, 2.05) is 4.90 Å². The van der Waals surface area contributed by atoms with Crippen LogP contribution in [0.1, 0.15) is 271 Å². The molecule has 0 saturated heterocycles. The SMILES string of the molecule is CCCCCCCCCCCCSCCCCCCCCCCCCCCCCCCCCC(=O)N(CC)CCCCCCCCCCC(=O)NC(CCC(=O)[O-])C(=O)[O-].[Na+]. The molecule has 2 amide bonds. The molecule has 0 aromatic rings. The normalized spacial score (nSPS) is 11.6. The standard InChI is InChI=1S/C51H98N2O6S.Na/c1-3-5-6-7-8-9-23-28-33-38-45-60-46-39-34-29-24-19-17-15-13-11-10-12-14-16-18-20-26-31-36-41-49(55)53(4-2)44-37-32-27-22-21-25-30-35-40-48(54)52-47(51(58)59)42-43-50(56)57;/h47H,3-46H2,1-2H3,(H,52,54)(H,56,57)(H,58,59);/q;+1/p-2. The fraction of sp³-hybridized carbons (Fsp3) is 0.922. The van der Waals surface area contributed by atoms with Crippen LogP contribution in [0, 0.1) is 0 Å². The van der Waals surface area contributed by atoms with Crippen molar-refractivity contribution in [2.75, 3.05) is 24.6 Å². The molecule has 1 atom stereocenters. The number of carbonyl (C=O) groups is 4. The van der Waals surface area contributed by atoms with Gasteiger partial charge in [0.25, 0.3) is 0 Å². The molecule has 8 nitrogen and oxygen atoms in total. The number of aliphatic carboxylic acids is 2. The summed E-state index contributed by atoms with van der Waals surface area (Å²) < 4.78 is 0. The third-order valence-corrected chi connectivity index (χ3v) is 13.3. The molecule has 0 heterocycles. The fourth-order valence-corrected chi connectivity index (χ4v) is 9.17. The molecule has 354 valence electrons. The first kappa shape index (κ1) is 62.3. The summed E-state index contributed by atoms with van der Waals surface area (Å²) >= 11 is 2.20. The molecule has 61 heavy (non-hydrogen) atoms. The summed E-state index contributed by atoms with van der Waals surface area (Å²) in [6.07, 6.45) is 47.2. The van der Waals surface area contributed by atoms with Crippen LogP contribution >= 0.6 is 11.8 Å². The largest absolute Gasteiger partial charge is 1.00 e. The van der Waals surface area contributed by atoms with E-state index < -0.39 is 30.3 Å². The van der Waals surface area contributed by atoms with Gasteiger partial charge >= 0.3 is 29.6 Å². The number of carbonyl (C=O) groups excluding carboxylic acids is 4. The molecule has 10 heteroatoms. The Morgan fingerprint density at radius 2 is 0.803 bits per heavy atom. The predicted molar refractivity (Wildman–Crippen MR) is 252 cm³/mol. The Balaban J connectivity index is 0. The minimum absolute atomic E-state index is 0. The van der Waals surface area contributed by atoms with Gasteiger partial charge in [0.2, 0.25) is 11.8 Å². The van der Waals surface area contributed by atoms with Crippen LogP contribution in [0.25, 0.3) is 0 Å². The van der Waals surface area contributed by atoms with Crippen molar-refractivity contribution in [1.82, 2.24) is 10.2 Å². The first-order chi connectivity index (χ1) is 29.3. The van der Waals surface area contributed by atoms with Gasteiger partial charge in [-0.25, -0.2) is 0 Å². The second kappa shape index (κ2) is 50.2. The predicted octanol–water partition coefficient (Wildman–Crippen LogP) is 9.18. The van der Waals surface area contributed by atoms with Crippen molar-refractivity contribution in [3.05, 3.63) is 0 Å². The maximum atomic E-state index is 12.7. The second-order valence-corrected chi connectivity index (χ2v) is 19.0. The number of nitrogens with zero attached hydrogens (tertiary/aromatic N) is 1. The third kappa shape index (κ3) is 47.0. The van der Waals surface area contributed by atoms with E-state index >= 15 is 0 Å². The maximum Gasteiger partial charge on any atom is 1.00 e. The van der Waals surface area contributed by atoms with Gasteiger partial charge in [0, 0.05) is 31.9 Å². The Bertz CT molecular complexity index is 989. The molecule has 0 aliphatic rings. The zero-order chi connectivity index (χ0) is 44.0. The number of hydrogen-bond donors (Lipinski definition) is 1. The molecule has 1 unspecified atom stereocenters. The Labute approximate surface area is 403 Å². The molecule has 0 bridgehead atoms. The van der Waals surface area contributed by atoms with Crippen LogP contribution in [0.5, 0.6) is 0 Å².